The van der Waals surface area contributed by atoms with Crippen molar-refractivity contribution in [1.82, 2.24) is 0 Å². The third kappa shape index (κ3) is 8.69. The van der Waals surface area contributed by atoms with Crippen LogP contribution in [0.2, 0.25) is 0 Å². The first-order chi connectivity index (χ1) is 17.5. The van der Waals surface area contributed by atoms with Gasteiger partial charge in [-0.25, -0.2) is 8.42 Å². The fraction of sp³-hybridized carbons (Fsp3) is 0.200. The second-order valence-corrected chi connectivity index (χ2v) is 16.3. The highest BCUT2D eigenvalue weighted by molar-refractivity contribution is 9.10. The van der Waals surface area contributed by atoms with E-state index in [0.717, 1.165) is 33.4 Å². The number of benzene rings is 2. The summed E-state index contributed by atoms with van der Waals surface area (Å²) in [5.41, 5.74) is 5.34. The summed E-state index contributed by atoms with van der Waals surface area (Å²) in [6.45, 7) is 0. The van der Waals surface area contributed by atoms with Crippen LogP contribution in [0, 0.1) is 0 Å². The van der Waals surface area contributed by atoms with Crippen molar-refractivity contribution in [3.63, 3.8) is 0 Å². The van der Waals surface area contributed by atoms with Crippen LogP contribution in [-0.2, 0) is 9.84 Å². The molecule has 2 atom stereocenters. The van der Waals surface area contributed by atoms with Crippen LogP contribution in [-0.4, -0.2) is 27.5 Å². The topological polar surface area (TPSA) is 34.1 Å². The maximum atomic E-state index is 13.5. The van der Waals surface area contributed by atoms with Crippen LogP contribution in [0.3, 0.4) is 0 Å². The van der Waals surface area contributed by atoms with E-state index in [2.05, 4.69) is 31.9 Å². The molecular formula is C30H26Br2Cl2O2S. The van der Waals surface area contributed by atoms with Gasteiger partial charge in [-0.1, -0.05) is 141 Å². The van der Waals surface area contributed by atoms with Gasteiger partial charge in [-0.05, 0) is 33.4 Å². The normalized spacial score (nSPS) is 24.5. The number of halogens is 4. The number of hydrogen-bond acceptors (Lipinski definition) is 2. The predicted octanol–water partition coefficient (Wildman–Crippen LogP) is 9.00. The smallest absolute Gasteiger partial charge is 0.158 e. The molecule has 2 unspecified atom stereocenters. The number of rotatable bonds is 8. The van der Waals surface area contributed by atoms with Crippen molar-refractivity contribution in [3.8, 4) is 0 Å². The van der Waals surface area contributed by atoms with Gasteiger partial charge in [-0.15, -0.1) is 23.2 Å². The molecule has 7 heteroatoms. The van der Waals surface area contributed by atoms with E-state index in [9.17, 15) is 8.42 Å². The molecule has 0 aromatic heterocycles. The van der Waals surface area contributed by atoms with E-state index in [1.807, 2.05) is 97.1 Å². The van der Waals surface area contributed by atoms with Crippen LogP contribution >= 0.6 is 55.1 Å². The zero-order valence-electron chi connectivity index (χ0n) is 20.0. The van der Waals surface area contributed by atoms with Gasteiger partial charge in [0.1, 0.15) is 7.57 Å². The molecule has 2 aliphatic carbocycles. The molecule has 2 nitrogen and oxygen atoms in total. The summed E-state index contributed by atoms with van der Waals surface area (Å²) in [7, 11) is -3.49. The molecule has 2 aliphatic rings. The van der Waals surface area contributed by atoms with Gasteiger partial charge in [0.2, 0.25) is 0 Å². The Morgan fingerprint density at radius 1 is 0.676 bits per heavy atom. The van der Waals surface area contributed by atoms with Crippen molar-refractivity contribution in [2.45, 2.75) is 20.4 Å². The van der Waals surface area contributed by atoms with Crippen molar-refractivity contribution in [1.29, 1.82) is 0 Å². The quantitative estimate of drug-likeness (QED) is 0.261. The van der Waals surface area contributed by atoms with Crippen LogP contribution in [0.4, 0.5) is 0 Å². The Bertz CT molecular complexity index is 1310. The zero-order valence-corrected chi connectivity index (χ0v) is 25.5. The monoisotopic (exact) mass is 678 g/mol. The molecule has 0 fully saturated rings. The zero-order chi connectivity index (χ0) is 26.5. The summed E-state index contributed by atoms with van der Waals surface area (Å²) in [5, 5.41) is 0. The largest absolute Gasteiger partial charge is 0.228 e. The van der Waals surface area contributed by atoms with Crippen molar-refractivity contribution in [3.05, 3.63) is 131 Å². The summed E-state index contributed by atoms with van der Waals surface area (Å²) >= 11 is 20.1. The van der Waals surface area contributed by atoms with E-state index in [1.165, 1.54) is 0 Å². The fourth-order valence-electron chi connectivity index (χ4n) is 4.17. The molecule has 0 radical (unpaired) electrons. The molecule has 0 spiro atoms. The van der Waals surface area contributed by atoms with Gasteiger partial charge in [0.15, 0.2) is 9.84 Å². The fourth-order valence-corrected chi connectivity index (χ4v) is 7.07. The Hall–Kier alpha value is -1.63. The van der Waals surface area contributed by atoms with Gasteiger partial charge in [0.25, 0.3) is 0 Å². The standard InChI is InChI=1S/C30H26Br2Cl2O2S/c31-29(33)17-15-27(25(19-29)13-11-23-7-3-1-4-8-23)21-37(35,36)22-28-16-18-30(32,34)20-26(28)14-12-24-9-5-2-6-10-24/h1-18H,19-22H2/b13-11+,14-12+. The van der Waals surface area contributed by atoms with Crippen LogP contribution in [0.1, 0.15) is 24.0 Å². The molecule has 0 N–H and O–H groups in total. The van der Waals surface area contributed by atoms with Gasteiger partial charge in [-0.2, -0.15) is 0 Å². The van der Waals surface area contributed by atoms with Crippen LogP contribution in [0.15, 0.2) is 119 Å². The minimum absolute atomic E-state index is 0.0781. The van der Waals surface area contributed by atoms with Gasteiger partial charge >= 0.3 is 0 Å². The van der Waals surface area contributed by atoms with E-state index in [4.69, 9.17) is 23.2 Å². The number of alkyl halides is 4. The van der Waals surface area contributed by atoms with Gasteiger partial charge in [-0.3, -0.25) is 0 Å². The lowest BCUT2D eigenvalue weighted by molar-refractivity contribution is 0.600. The van der Waals surface area contributed by atoms with E-state index >= 15 is 0 Å². The minimum atomic E-state index is -3.49. The van der Waals surface area contributed by atoms with Crippen molar-refractivity contribution in [2.24, 2.45) is 0 Å². The lowest BCUT2D eigenvalue weighted by Gasteiger charge is -2.25. The van der Waals surface area contributed by atoms with Gasteiger partial charge in [0, 0.05) is 12.8 Å². The predicted molar refractivity (Wildman–Crippen MR) is 166 cm³/mol. The summed E-state index contributed by atoms with van der Waals surface area (Å²) in [6.07, 6.45) is 16.1. The first-order valence-corrected chi connectivity index (χ1v) is 15.9. The number of hydrogen-bond donors (Lipinski definition) is 0. The molecular weight excluding hydrogens is 655 g/mol. The summed E-state index contributed by atoms with van der Waals surface area (Å²) < 4.78 is 25.4. The molecule has 0 aliphatic heterocycles. The number of sulfone groups is 1. The molecule has 4 rings (SSSR count). The van der Waals surface area contributed by atoms with Gasteiger partial charge in [0.05, 0.1) is 11.5 Å². The SMILES string of the molecule is O=S(=O)(CC1=C(/C=C/c2ccccc2)CC(Cl)(Br)C=C1)CC1=C(/C=C/c2ccccc2)CC(Cl)(Br)C=C1. The molecule has 2 aromatic rings. The maximum Gasteiger partial charge on any atom is 0.158 e. The average molecular weight is 681 g/mol. The molecule has 0 saturated heterocycles. The summed E-state index contributed by atoms with van der Waals surface area (Å²) in [4.78, 5) is 0. The highest BCUT2D eigenvalue weighted by atomic mass is 79.9. The van der Waals surface area contributed by atoms with Gasteiger partial charge < -0.3 is 0 Å². The molecule has 192 valence electrons. The minimum Gasteiger partial charge on any atom is -0.228 e. The maximum absolute atomic E-state index is 13.5. The third-order valence-corrected chi connectivity index (χ3v) is 9.15. The van der Waals surface area contributed by atoms with E-state index in [-0.39, 0.29) is 11.5 Å². The second kappa shape index (κ2) is 12.0. The molecule has 0 bridgehead atoms. The Kier molecular flexibility index (Phi) is 9.24. The highest BCUT2D eigenvalue weighted by Crippen LogP contribution is 2.40. The third-order valence-electron chi connectivity index (χ3n) is 6.04. The Labute approximate surface area is 246 Å². The molecule has 37 heavy (non-hydrogen) atoms. The lowest BCUT2D eigenvalue weighted by Crippen LogP contribution is -2.21. The second-order valence-electron chi connectivity index (χ2n) is 9.16. The van der Waals surface area contributed by atoms with Crippen molar-refractivity contribution in [2.75, 3.05) is 11.5 Å². The van der Waals surface area contributed by atoms with E-state index < -0.39 is 17.4 Å². The first-order valence-electron chi connectivity index (χ1n) is 11.8. The van der Waals surface area contributed by atoms with Crippen molar-refractivity contribution < 1.29 is 8.42 Å². The van der Waals surface area contributed by atoms with Crippen LogP contribution < -0.4 is 0 Å². The van der Waals surface area contributed by atoms with E-state index in [1.54, 1.807) is 12.2 Å². The Morgan fingerprint density at radius 3 is 1.43 bits per heavy atom. The average Bonchev–Trinajstić information content (AvgIpc) is 2.85. The van der Waals surface area contributed by atoms with E-state index in [0.29, 0.717) is 12.8 Å². The molecule has 0 heterocycles. The van der Waals surface area contributed by atoms with Crippen LogP contribution in [0.25, 0.3) is 12.2 Å². The summed E-state index contributed by atoms with van der Waals surface area (Å²) in [5.74, 6) is -0.156. The lowest BCUT2D eigenvalue weighted by atomic mass is 9.97. The molecule has 2 aromatic carbocycles. The highest BCUT2D eigenvalue weighted by Gasteiger charge is 2.30. The Morgan fingerprint density at radius 2 is 1.05 bits per heavy atom. The molecule has 0 amide bonds. The Balaban J connectivity index is 1.60. The summed E-state index contributed by atoms with van der Waals surface area (Å²) in [6, 6.07) is 19.8. The molecule has 0 saturated carbocycles. The van der Waals surface area contributed by atoms with Crippen LogP contribution in [0.5, 0.6) is 0 Å². The first kappa shape index (κ1) is 28.4. The number of allylic oxidation sites excluding steroid dienone is 8. The van der Waals surface area contributed by atoms with Crippen molar-refractivity contribution >= 4 is 77.1 Å².